The van der Waals surface area contributed by atoms with E-state index in [1.165, 1.54) is 16.7 Å². The third kappa shape index (κ3) is 3.11. The first-order valence-electron chi connectivity index (χ1n) is 9.73. The molecule has 3 aromatic rings. The molecule has 1 amide bonds. The van der Waals surface area contributed by atoms with Crippen LogP contribution in [0.25, 0.3) is 5.65 Å². The van der Waals surface area contributed by atoms with Gasteiger partial charge >= 0.3 is 0 Å². The lowest BCUT2D eigenvalue weighted by atomic mass is 9.79. The number of nitrogens with zero attached hydrogens (tertiary/aromatic N) is 5. The average Bonchev–Trinajstić information content (AvgIpc) is 3.33. The molecule has 0 spiro atoms. The van der Waals surface area contributed by atoms with E-state index < -0.39 is 0 Å². The molecule has 0 bridgehead atoms. The zero-order chi connectivity index (χ0) is 20.1. The molecule has 0 saturated carbocycles. The summed E-state index contributed by atoms with van der Waals surface area (Å²) in [5.74, 6) is 0.248. The molecule has 4 heterocycles. The molecule has 5 rings (SSSR count). The zero-order valence-corrected chi connectivity index (χ0v) is 17.8. The van der Waals surface area contributed by atoms with Gasteiger partial charge in [-0.15, -0.1) is 0 Å². The van der Waals surface area contributed by atoms with Crippen molar-refractivity contribution in [3.8, 4) is 0 Å². The van der Waals surface area contributed by atoms with Gasteiger partial charge in [-0.3, -0.25) is 9.89 Å². The van der Waals surface area contributed by atoms with Crippen LogP contribution in [-0.4, -0.2) is 48.2 Å². The largest absolute Gasteiger partial charge is 0.330 e. The summed E-state index contributed by atoms with van der Waals surface area (Å²) in [5, 5.41) is 11.7. The number of aromatic nitrogens is 5. The van der Waals surface area contributed by atoms with Crippen molar-refractivity contribution in [1.29, 1.82) is 0 Å². The molecule has 8 heteroatoms. The first-order chi connectivity index (χ1) is 14.0. The fourth-order valence-electron chi connectivity index (χ4n) is 4.42. The van der Waals surface area contributed by atoms with Crippen LogP contribution in [-0.2, 0) is 0 Å². The molecule has 2 unspecified atom stereocenters. The van der Waals surface area contributed by atoms with E-state index in [9.17, 15) is 4.79 Å². The van der Waals surface area contributed by atoms with Crippen molar-refractivity contribution in [2.24, 2.45) is 0 Å². The third-order valence-corrected chi connectivity index (χ3v) is 6.42. The maximum atomic E-state index is 13.3. The average molecular weight is 453 g/mol. The van der Waals surface area contributed by atoms with E-state index in [1.54, 1.807) is 16.8 Å². The molecule has 1 N–H and O–H groups in total. The highest BCUT2D eigenvalue weighted by Gasteiger charge is 2.33. The Balaban J connectivity index is 1.41. The molecule has 0 saturated heterocycles. The van der Waals surface area contributed by atoms with E-state index in [0.29, 0.717) is 23.8 Å². The molecule has 2 aliphatic rings. The van der Waals surface area contributed by atoms with Crippen molar-refractivity contribution < 1.29 is 4.79 Å². The van der Waals surface area contributed by atoms with E-state index in [1.807, 2.05) is 24.2 Å². The fraction of sp³-hybridized carbons (Fsp3) is 0.333. The van der Waals surface area contributed by atoms with Crippen LogP contribution in [0.15, 0.2) is 52.4 Å². The molecular weight excluding hydrogens is 432 g/mol. The van der Waals surface area contributed by atoms with E-state index in [2.05, 4.69) is 55.3 Å². The second kappa shape index (κ2) is 6.95. The van der Waals surface area contributed by atoms with Crippen LogP contribution in [0.2, 0.25) is 0 Å². The molecule has 3 aromatic heterocycles. The quantitative estimate of drug-likeness (QED) is 0.641. The molecule has 0 radical (unpaired) electrons. The lowest BCUT2D eigenvalue weighted by molar-refractivity contribution is 0.0697. The highest BCUT2D eigenvalue weighted by Crippen LogP contribution is 2.38. The van der Waals surface area contributed by atoms with Gasteiger partial charge in [0.05, 0.1) is 16.2 Å². The first-order valence-corrected chi connectivity index (χ1v) is 10.5. The summed E-state index contributed by atoms with van der Waals surface area (Å²) >= 11 is 3.39. The Kier molecular flexibility index (Phi) is 4.38. The van der Waals surface area contributed by atoms with Crippen LogP contribution in [0.4, 0.5) is 0 Å². The number of carbonyl (C=O) groups excluding carboxylic acids is 1. The topological polar surface area (TPSA) is 79.2 Å². The Morgan fingerprint density at radius 2 is 2.24 bits per heavy atom. The standard InChI is InChI=1S/C21H21BrN6O/c1-12-18(10-24-25-12)15-4-3-14-5-6-27(13(2)17(14)7-15)21(29)19-8-20-23-9-16(22)11-28(20)26-19/h3-4,8-11,13,15H,5-7H2,1-2H3,(H,24,25). The van der Waals surface area contributed by atoms with Crippen LogP contribution >= 0.6 is 15.9 Å². The van der Waals surface area contributed by atoms with E-state index >= 15 is 0 Å². The Morgan fingerprint density at radius 1 is 1.38 bits per heavy atom. The minimum Gasteiger partial charge on any atom is -0.330 e. The minimum absolute atomic E-state index is 0.0374. The van der Waals surface area contributed by atoms with Crippen LogP contribution < -0.4 is 0 Å². The van der Waals surface area contributed by atoms with Crippen LogP contribution in [0.5, 0.6) is 0 Å². The van der Waals surface area contributed by atoms with E-state index in [4.69, 9.17) is 0 Å². The van der Waals surface area contributed by atoms with Crippen molar-refractivity contribution >= 4 is 27.5 Å². The zero-order valence-electron chi connectivity index (χ0n) is 16.3. The number of amides is 1. The number of carbonyl (C=O) groups is 1. The van der Waals surface area contributed by atoms with Gasteiger partial charge in [-0.05, 0) is 59.3 Å². The Labute approximate surface area is 176 Å². The normalized spacial score (nSPS) is 21.7. The van der Waals surface area contributed by atoms with Gasteiger partial charge in [-0.2, -0.15) is 10.2 Å². The monoisotopic (exact) mass is 452 g/mol. The first kappa shape index (κ1) is 18.3. The molecule has 1 aliphatic carbocycles. The van der Waals surface area contributed by atoms with E-state index in [-0.39, 0.29) is 11.9 Å². The van der Waals surface area contributed by atoms with Gasteiger partial charge < -0.3 is 4.90 Å². The second-order valence-corrected chi connectivity index (χ2v) is 8.59. The predicted molar refractivity (Wildman–Crippen MR) is 113 cm³/mol. The van der Waals surface area contributed by atoms with Gasteiger partial charge in [0.1, 0.15) is 0 Å². The van der Waals surface area contributed by atoms with Crippen molar-refractivity contribution in [3.05, 3.63) is 69.4 Å². The summed E-state index contributed by atoms with van der Waals surface area (Å²) in [6.45, 7) is 4.85. The van der Waals surface area contributed by atoms with Crippen molar-refractivity contribution in [2.75, 3.05) is 6.54 Å². The number of hydrogen-bond donors (Lipinski definition) is 1. The Morgan fingerprint density at radius 3 is 3.03 bits per heavy atom. The second-order valence-electron chi connectivity index (χ2n) is 7.68. The van der Waals surface area contributed by atoms with Crippen molar-refractivity contribution in [3.63, 3.8) is 0 Å². The number of hydrogen-bond acceptors (Lipinski definition) is 4. The number of halogens is 1. The number of allylic oxidation sites excluding steroid dienone is 2. The highest BCUT2D eigenvalue weighted by atomic mass is 79.9. The van der Waals surface area contributed by atoms with Crippen molar-refractivity contribution in [2.45, 2.75) is 38.6 Å². The summed E-state index contributed by atoms with van der Waals surface area (Å²) in [6, 6.07) is 1.79. The molecule has 0 aromatic carbocycles. The predicted octanol–water partition coefficient (Wildman–Crippen LogP) is 3.80. The number of fused-ring (bicyclic) bond motifs is 1. The molecule has 29 heavy (non-hydrogen) atoms. The number of H-pyrrole nitrogens is 1. The van der Waals surface area contributed by atoms with Crippen molar-refractivity contribution in [1.82, 2.24) is 29.7 Å². The van der Waals surface area contributed by atoms with Crippen LogP contribution in [0.1, 0.15) is 47.4 Å². The van der Waals surface area contributed by atoms with Gasteiger partial charge in [0.25, 0.3) is 5.91 Å². The van der Waals surface area contributed by atoms with Crippen LogP contribution in [0, 0.1) is 6.92 Å². The van der Waals surface area contributed by atoms with Gasteiger partial charge in [0, 0.05) is 37.1 Å². The van der Waals surface area contributed by atoms with Crippen LogP contribution in [0.3, 0.4) is 0 Å². The van der Waals surface area contributed by atoms with E-state index in [0.717, 1.165) is 23.0 Å². The number of aryl methyl sites for hydroxylation is 1. The molecular formula is C21H21BrN6O. The Bertz CT molecular complexity index is 1170. The SMILES string of the molecule is Cc1n[nH]cc1C1C=CC2=C(C1)C(C)N(C(=O)c1cc3ncc(Br)cn3n1)CC2. The lowest BCUT2D eigenvalue weighted by Crippen LogP contribution is -2.44. The smallest absolute Gasteiger partial charge is 0.274 e. The highest BCUT2D eigenvalue weighted by molar-refractivity contribution is 9.10. The molecule has 2 atom stereocenters. The van der Waals surface area contributed by atoms with Gasteiger partial charge in [0.15, 0.2) is 11.3 Å². The summed E-state index contributed by atoms with van der Waals surface area (Å²) < 4.78 is 2.46. The summed E-state index contributed by atoms with van der Waals surface area (Å²) in [4.78, 5) is 19.5. The lowest BCUT2D eigenvalue weighted by Gasteiger charge is -2.38. The molecule has 148 valence electrons. The summed E-state index contributed by atoms with van der Waals surface area (Å²) in [6.07, 6.45) is 11.8. The van der Waals surface area contributed by atoms with Gasteiger partial charge in [-0.25, -0.2) is 9.50 Å². The molecule has 0 fully saturated rings. The fourth-order valence-corrected chi connectivity index (χ4v) is 4.72. The van der Waals surface area contributed by atoms with Gasteiger partial charge in [-0.1, -0.05) is 12.2 Å². The summed E-state index contributed by atoms with van der Waals surface area (Å²) in [7, 11) is 0. The molecule has 1 aliphatic heterocycles. The molecule has 7 nitrogen and oxygen atoms in total. The number of nitrogens with one attached hydrogen (secondary N) is 1. The van der Waals surface area contributed by atoms with Gasteiger partial charge in [0.2, 0.25) is 0 Å². The Hall–Kier alpha value is -2.74. The summed E-state index contributed by atoms with van der Waals surface area (Å²) in [5.41, 5.74) is 6.04. The number of rotatable bonds is 2. The third-order valence-electron chi connectivity index (χ3n) is 6.01. The maximum Gasteiger partial charge on any atom is 0.274 e. The minimum atomic E-state index is -0.0451. The maximum absolute atomic E-state index is 13.3. The number of aromatic amines is 1.